The van der Waals surface area contributed by atoms with Gasteiger partial charge in [-0.25, -0.2) is 4.68 Å². The standard InChI is InChI=1S/C17H16N2O2/c1-13-15-9-5-6-10-16(15)17(20)19(18-13)11-12-21-14-7-3-2-4-8-14/h2-10H,11-12H2,1H3. The van der Waals surface area contributed by atoms with Crippen LogP contribution in [-0.2, 0) is 6.54 Å². The molecule has 0 saturated heterocycles. The summed E-state index contributed by atoms with van der Waals surface area (Å²) in [6.07, 6.45) is 0. The first-order chi connectivity index (χ1) is 10.3. The van der Waals surface area contributed by atoms with Crippen LogP contribution in [0.15, 0.2) is 59.4 Å². The molecule has 4 heteroatoms. The molecule has 3 aromatic rings. The van der Waals surface area contributed by atoms with Gasteiger partial charge in [-0.05, 0) is 25.1 Å². The van der Waals surface area contributed by atoms with Crippen molar-refractivity contribution in [1.82, 2.24) is 9.78 Å². The molecule has 0 N–H and O–H groups in total. The summed E-state index contributed by atoms with van der Waals surface area (Å²) in [5, 5.41) is 5.96. The third-order valence-corrected chi connectivity index (χ3v) is 3.37. The van der Waals surface area contributed by atoms with E-state index in [1.165, 1.54) is 4.68 Å². The summed E-state index contributed by atoms with van der Waals surface area (Å²) in [7, 11) is 0. The second-order valence-electron chi connectivity index (χ2n) is 4.82. The van der Waals surface area contributed by atoms with Gasteiger partial charge in [-0.1, -0.05) is 36.4 Å². The van der Waals surface area contributed by atoms with Gasteiger partial charge in [0.25, 0.3) is 5.56 Å². The van der Waals surface area contributed by atoms with Crippen molar-refractivity contribution in [2.45, 2.75) is 13.5 Å². The summed E-state index contributed by atoms with van der Waals surface area (Å²) in [5.74, 6) is 0.795. The lowest BCUT2D eigenvalue weighted by Gasteiger charge is -2.10. The molecule has 0 aliphatic carbocycles. The molecule has 0 bridgehead atoms. The summed E-state index contributed by atoms with van der Waals surface area (Å²) >= 11 is 0. The van der Waals surface area contributed by atoms with Crippen molar-refractivity contribution in [3.05, 3.63) is 70.6 Å². The minimum atomic E-state index is -0.0761. The van der Waals surface area contributed by atoms with Crippen LogP contribution >= 0.6 is 0 Å². The average molecular weight is 280 g/mol. The van der Waals surface area contributed by atoms with Crippen molar-refractivity contribution in [1.29, 1.82) is 0 Å². The number of aromatic nitrogens is 2. The minimum Gasteiger partial charge on any atom is -0.492 e. The van der Waals surface area contributed by atoms with Crippen LogP contribution < -0.4 is 10.3 Å². The Morgan fingerprint density at radius 3 is 2.43 bits per heavy atom. The van der Waals surface area contributed by atoms with Crippen molar-refractivity contribution in [3.8, 4) is 5.75 Å². The maximum Gasteiger partial charge on any atom is 0.274 e. The quantitative estimate of drug-likeness (QED) is 0.738. The van der Waals surface area contributed by atoms with Crippen LogP contribution in [0.1, 0.15) is 5.69 Å². The average Bonchev–Trinajstić information content (AvgIpc) is 2.53. The van der Waals surface area contributed by atoms with Crippen LogP contribution in [0.4, 0.5) is 0 Å². The van der Waals surface area contributed by atoms with Crippen LogP contribution in [0, 0.1) is 6.92 Å². The number of nitrogens with zero attached hydrogens (tertiary/aromatic N) is 2. The van der Waals surface area contributed by atoms with Crippen molar-refractivity contribution in [2.24, 2.45) is 0 Å². The molecule has 0 fully saturated rings. The summed E-state index contributed by atoms with van der Waals surface area (Å²) in [6, 6.07) is 17.1. The van der Waals surface area contributed by atoms with E-state index in [0.717, 1.165) is 16.8 Å². The maximum atomic E-state index is 12.4. The van der Waals surface area contributed by atoms with E-state index in [1.807, 2.05) is 61.5 Å². The lowest BCUT2D eigenvalue weighted by atomic mass is 10.1. The zero-order valence-electron chi connectivity index (χ0n) is 11.8. The Hall–Kier alpha value is -2.62. The molecule has 3 rings (SSSR count). The van der Waals surface area contributed by atoms with Crippen LogP contribution in [0.5, 0.6) is 5.75 Å². The highest BCUT2D eigenvalue weighted by Gasteiger charge is 2.07. The normalized spacial score (nSPS) is 10.7. The van der Waals surface area contributed by atoms with Gasteiger partial charge in [0.1, 0.15) is 12.4 Å². The lowest BCUT2D eigenvalue weighted by Crippen LogP contribution is -2.26. The molecular weight excluding hydrogens is 264 g/mol. The lowest BCUT2D eigenvalue weighted by molar-refractivity contribution is 0.288. The van der Waals surface area contributed by atoms with Gasteiger partial charge in [0, 0.05) is 5.39 Å². The largest absolute Gasteiger partial charge is 0.492 e. The highest BCUT2D eigenvalue weighted by molar-refractivity contribution is 5.83. The van der Waals surface area contributed by atoms with E-state index in [9.17, 15) is 4.79 Å². The number of benzene rings is 2. The van der Waals surface area contributed by atoms with Gasteiger partial charge < -0.3 is 4.74 Å². The summed E-state index contributed by atoms with van der Waals surface area (Å²) in [4.78, 5) is 12.4. The third-order valence-electron chi connectivity index (χ3n) is 3.37. The van der Waals surface area contributed by atoms with E-state index >= 15 is 0 Å². The first-order valence-corrected chi connectivity index (χ1v) is 6.90. The van der Waals surface area contributed by atoms with Crippen molar-refractivity contribution in [2.75, 3.05) is 6.61 Å². The van der Waals surface area contributed by atoms with Crippen LogP contribution in [0.25, 0.3) is 10.8 Å². The van der Waals surface area contributed by atoms with Crippen LogP contribution in [0.3, 0.4) is 0 Å². The second kappa shape index (κ2) is 5.79. The highest BCUT2D eigenvalue weighted by Crippen LogP contribution is 2.12. The first kappa shape index (κ1) is 13.4. The van der Waals surface area contributed by atoms with Gasteiger partial charge in [-0.15, -0.1) is 0 Å². The molecule has 4 nitrogen and oxygen atoms in total. The van der Waals surface area contributed by atoms with Crippen molar-refractivity contribution >= 4 is 10.8 Å². The monoisotopic (exact) mass is 280 g/mol. The van der Waals surface area contributed by atoms with Gasteiger partial charge in [0.05, 0.1) is 17.6 Å². The molecule has 2 aromatic carbocycles. The zero-order valence-corrected chi connectivity index (χ0v) is 11.8. The molecule has 0 unspecified atom stereocenters. The van der Waals surface area contributed by atoms with E-state index in [0.29, 0.717) is 18.5 Å². The van der Waals surface area contributed by atoms with Crippen molar-refractivity contribution in [3.63, 3.8) is 0 Å². The van der Waals surface area contributed by atoms with Gasteiger partial charge >= 0.3 is 0 Å². The molecule has 21 heavy (non-hydrogen) atoms. The fraction of sp³-hybridized carbons (Fsp3) is 0.176. The fourth-order valence-electron chi connectivity index (χ4n) is 2.32. The topological polar surface area (TPSA) is 44.1 Å². The Labute approximate surface area is 122 Å². The van der Waals surface area contributed by atoms with E-state index in [-0.39, 0.29) is 5.56 Å². The second-order valence-corrected chi connectivity index (χ2v) is 4.82. The van der Waals surface area contributed by atoms with Gasteiger partial charge in [0.15, 0.2) is 0 Å². The smallest absolute Gasteiger partial charge is 0.274 e. The Morgan fingerprint density at radius 2 is 1.67 bits per heavy atom. The highest BCUT2D eigenvalue weighted by atomic mass is 16.5. The summed E-state index contributed by atoms with van der Waals surface area (Å²) < 4.78 is 7.09. The Kier molecular flexibility index (Phi) is 3.69. The first-order valence-electron chi connectivity index (χ1n) is 6.90. The molecule has 0 aliphatic rings. The van der Waals surface area contributed by atoms with Crippen molar-refractivity contribution < 1.29 is 4.74 Å². The molecular formula is C17H16N2O2. The third kappa shape index (κ3) is 2.79. The van der Waals surface area contributed by atoms with Gasteiger partial charge in [0.2, 0.25) is 0 Å². The number of hydrogen-bond acceptors (Lipinski definition) is 3. The van der Waals surface area contributed by atoms with Crippen LogP contribution in [-0.4, -0.2) is 16.4 Å². The number of hydrogen-bond donors (Lipinski definition) is 0. The maximum absolute atomic E-state index is 12.4. The SMILES string of the molecule is Cc1nn(CCOc2ccccc2)c(=O)c2ccccc12. The molecule has 0 spiro atoms. The van der Waals surface area contributed by atoms with Gasteiger partial charge in [-0.2, -0.15) is 5.10 Å². The zero-order chi connectivity index (χ0) is 14.7. The Morgan fingerprint density at radius 1 is 1.00 bits per heavy atom. The molecule has 0 atom stereocenters. The molecule has 0 amide bonds. The predicted octanol–water partition coefficient (Wildman–Crippen LogP) is 2.78. The molecule has 1 heterocycles. The van der Waals surface area contributed by atoms with E-state index in [2.05, 4.69) is 5.10 Å². The van der Waals surface area contributed by atoms with E-state index in [4.69, 9.17) is 4.74 Å². The molecule has 0 radical (unpaired) electrons. The van der Waals surface area contributed by atoms with Gasteiger partial charge in [-0.3, -0.25) is 4.79 Å². The molecule has 106 valence electrons. The molecule has 0 saturated carbocycles. The fourth-order valence-corrected chi connectivity index (χ4v) is 2.32. The Balaban J connectivity index is 1.81. The summed E-state index contributed by atoms with van der Waals surface area (Å²) in [5.41, 5.74) is 0.776. The van der Waals surface area contributed by atoms with E-state index < -0.39 is 0 Å². The molecule has 1 aromatic heterocycles. The summed E-state index contributed by atoms with van der Waals surface area (Å²) in [6.45, 7) is 2.75. The van der Waals surface area contributed by atoms with Crippen LogP contribution in [0.2, 0.25) is 0 Å². The number of rotatable bonds is 4. The minimum absolute atomic E-state index is 0.0761. The Bertz CT molecular complexity index is 810. The number of fused-ring (bicyclic) bond motifs is 1. The number of ether oxygens (including phenoxy) is 1. The predicted molar refractivity (Wildman–Crippen MR) is 82.7 cm³/mol. The number of aryl methyl sites for hydroxylation is 1. The molecule has 0 aliphatic heterocycles. The number of para-hydroxylation sites is 1. The van der Waals surface area contributed by atoms with E-state index in [1.54, 1.807) is 0 Å².